The molecule has 9 heteroatoms. The highest BCUT2D eigenvalue weighted by molar-refractivity contribution is 5.69. The zero-order valence-electron chi connectivity index (χ0n) is 16.2. The van der Waals surface area contributed by atoms with E-state index >= 15 is 0 Å². The number of hydrogen-bond acceptors (Lipinski definition) is 5. The molecule has 1 fully saturated rings. The minimum Gasteiger partial charge on any atom is -0.486 e. The summed E-state index contributed by atoms with van der Waals surface area (Å²) < 4.78 is 54.9. The molecule has 0 saturated carbocycles. The number of amides is 1. The number of carbonyl (C=O) groups is 2. The first-order chi connectivity index (χ1) is 12.8. The first kappa shape index (κ1) is 21.8. The Kier molecular flexibility index (Phi) is 6.46. The Labute approximate surface area is 161 Å². The molecule has 1 saturated heterocycles. The van der Waals surface area contributed by atoms with Crippen molar-refractivity contribution in [2.45, 2.75) is 58.1 Å². The van der Waals surface area contributed by atoms with Crippen LogP contribution in [0.25, 0.3) is 0 Å². The number of hydrogen-bond donors (Lipinski definition) is 0. The Morgan fingerprint density at radius 1 is 1.14 bits per heavy atom. The first-order valence-corrected chi connectivity index (χ1v) is 8.84. The third kappa shape index (κ3) is 6.31. The monoisotopic (exact) mass is 403 g/mol. The molecule has 0 radical (unpaired) electrons. The van der Waals surface area contributed by atoms with Crippen molar-refractivity contribution in [2.75, 3.05) is 13.1 Å². The van der Waals surface area contributed by atoms with Crippen molar-refractivity contribution in [1.29, 1.82) is 0 Å². The summed E-state index contributed by atoms with van der Waals surface area (Å²) in [6.07, 6.45) is -6.29. The van der Waals surface area contributed by atoms with Gasteiger partial charge in [0.25, 0.3) is 0 Å². The summed E-state index contributed by atoms with van der Waals surface area (Å²) in [5.41, 5.74) is -1.51. The van der Waals surface area contributed by atoms with Crippen molar-refractivity contribution >= 4 is 12.1 Å². The predicted molar refractivity (Wildman–Crippen MR) is 93.8 cm³/mol. The highest BCUT2D eigenvalue weighted by atomic mass is 19.4. The second-order valence-corrected chi connectivity index (χ2v) is 7.54. The fourth-order valence-electron chi connectivity index (χ4n) is 2.77. The van der Waals surface area contributed by atoms with Crippen molar-refractivity contribution in [3.05, 3.63) is 29.8 Å². The summed E-state index contributed by atoms with van der Waals surface area (Å²) in [6.45, 7) is 6.70. The molecule has 1 heterocycles. The number of likely N-dealkylation sites (tertiary alicyclic amines) is 1. The normalized spacial score (nSPS) is 20.5. The van der Waals surface area contributed by atoms with E-state index in [0.717, 1.165) is 12.1 Å². The van der Waals surface area contributed by atoms with Crippen molar-refractivity contribution in [2.24, 2.45) is 0 Å². The number of piperidine rings is 1. The van der Waals surface area contributed by atoms with E-state index in [1.54, 1.807) is 20.8 Å². The lowest BCUT2D eigenvalue weighted by molar-refractivity contribution is -0.155. The maximum Gasteiger partial charge on any atom is 0.416 e. The molecule has 1 aliphatic heterocycles. The van der Waals surface area contributed by atoms with Crippen molar-refractivity contribution in [3.8, 4) is 5.75 Å². The van der Waals surface area contributed by atoms with E-state index in [4.69, 9.17) is 14.2 Å². The molecule has 2 atom stereocenters. The Hall–Kier alpha value is -2.45. The molecular formula is C19H24F3NO5. The van der Waals surface area contributed by atoms with Gasteiger partial charge in [-0.25, -0.2) is 4.79 Å². The Bertz CT molecular complexity index is 714. The summed E-state index contributed by atoms with van der Waals surface area (Å²) in [6, 6.07) is 4.49. The van der Waals surface area contributed by atoms with Gasteiger partial charge >= 0.3 is 18.2 Å². The number of rotatable bonds is 3. The number of ether oxygens (including phenoxy) is 3. The van der Waals surface area contributed by atoms with Crippen LogP contribution in [0, 0.1) is 0 Å². The molecule has 0 aromatic heterocycles. The highest BCUT2D eigenvalue weighted by Gasteiger charge is 2.37. The van der Waals surface area contributed by atoms with E-state index in [-0.39, 0.29) is 25.3 Å². The van der Waals surface area contributed by atoms with Gasteiger partial charge in [-0.05, 0) is 39.0 Å². The quantitative estimate of drug-likeness (QED) is 0.713. The number of carbonyl (C=O) groups excluding carboxylic acids is 2. The lowest BCUT2D eigenvalue weighted by atomic mass is 10.0. The molecule has 0 N–H and O–H groups in total. The first-order valence-electron chi connectivity index (χ1n) is 8.84. The third-order valence-corrected chi connectivity index (χ3v) is 3.92. The highest BCUT2D eigenvalue weighted by Crippen LogP contribution is 2.32. The van der Waals surface area contributed by atoms with Crippen LogP contribution >= 0.6 is 0 Å². The Morgan fingerprint density at radius 3 is 2.39 bits per heavy atom. The smallest absolute Gasteiger partial charge is 0.416 e. The van der Waals surface area contributed by atoms with Crippen LogP contribution in [0.1, 0.15) is 39.7 Å². The van der Waals surface area contributed by atoms with Crippen LogP contribution < -0.4 is 4.74 Å². The van der Waals surface area contributed by atoms with Gasteiger partial charge < -0.3 is 19.1 Å². The molecule has 0 unspecified atom stereocenters. The van der Waals surface area contributed by atoms with Gasteiger partial charge in [0.05, 0.1) is 12.1 Å². The second kappa shape index (κ2) is 8.28. The molecule has 1 amide bonds. The van der Waals surface area contributed by atoms with Gasteiger partial charge in [-0.15, -0.1) is 0 Å². The maximum atomic E-state index is 12.9. The van der Waals surface area contributed by atoms with Crippen LogP contribution in [-0.2, 0) is 20.4 Å². The summed E-state index contributed by atoms with van der Waals surface area (Å²) in [7, 11) is 0. The van der Waals surface area contributed by atoms with E-state index < -0.39 is 41.6 Å². The minimum absolute atomic E-state index is 0.0164. The molecular weight excluding hydrogens is 379 g/mol. The third-order valence-electron chi connectivity index (χ3n) is 3.92. The molecule has 156 valence electrons. The standard InChI is InChI=1S/C19H24F3NO5/c1-12(24)26-16-11-23(17(25)28-18(2,3)4)9-8-15(16)27-14-7-5-6-13(10-14)19(20,21)22/h5-7,10,15-16H,8-9,11H2,1-4H3/t15-,16-/m1/s1. The van der Waals surface area contributed by atoms with Crippen LogP contribution in [0.3, 0.4) is 0 Å². The van der Waals surface area contributed by atoms with Crippen LogP contribution in [0.5, 0.6) is 5.75 Å². The summed E-state index contributed by atoms with van der Waals surface area (Å²) in [5.74, 6) is -0.559. The van der Waals surface area contributed by atoms with Crippen molar-refractivity contribution < 1.29 is 37.0 Å². The van der Waals surface area contributed by atoms with E-state index in [0.29, 0.717) is 0 Å². The largest absolute Gasteiger partial charge is 0.486 e. The summed E-state index contributed by atoms with van der Waals surface area (Å²) >= 11 is 0. The van der Waals surface area contributed by atoms with E-state index in [2.05, 4.69) is 0 Å². The van der Waals surface area contributed by atoms with Crippen LogP contribution in [0.4, 0.5) is 18.0 Å². The Balaban J connectivity index is 2.12. The fourth-order valence-corrected chi connectivity index (χ4v) is 2.77. The number of halogens is 3. The molecule has 0 bridgehead atoms. The maximum absolute atomic E-state index is 12.9. The lowest BCUT2D eigenvalue weighted by Crippen LogP contribution is -2.53. The van der Waals surface area contributed by atoms with Crippen LogP contribution in [-0.4, -0.2) is 47.9 Å². The minimum atomic E-state index is -4.49. The molecule has 0 spiro atoms. The van der Waals surface area contributed by atoms with Crippen LogP contribution in [0.2, 0.25) is 0 Å². The average molecular weight is 403 g/mol. The summed E-state index contributed by atoms with van der Waals surface area (Å²) in [5, 5.41) is 0. The molecule has 1 aromatic rings. The zero-order chi connectivity index (χ0) is 21.1. The van der Waals surface area contributed by atoms with Crippen LogP contribution in [0.15, 0.2) is 24.3 Å². The van der Waals surface area contributed by atoms with E-state index in [1.165, 1.54) is 24.0 Å². The second-order valence-electron chi connectivity index (χ2n) is 7.54. The Morgan fingerprint density at radius 2 is 1.82 bits per heavy atom. The molecule has 28 heavy (non-hydrogen) atoms. The zero-order valence-corrected chi connectivity index (χ0v) is 16.2. The number of nitrogens with zero attached hydrogens (tertiary/aromatic N) is 1. The number of alkyl halides is 3. The van der Waals surface area contributed by atoms with Gasteiger partial charge in [0, 0.05) is 19.9 Å². The summed E-state index contributed by atoms with van der Waals surface area (Å²) in [4.78, 5) is 25.1. The lowest BCUT2D eigenvalue weighted by Gasteiger charge is -2.38. The van der Waals surface area contributed by atoms with Gasteiger partial charge in [-0.2, -0.15) is 13.2 Å². The van der Waals surface area contributed by atoms with E-state index in [9.17, 15) is 22.8 Å². The molecule has 1 aromatic carbocycles. The molecule has 6 nitrogen and oxygen atoms in total. The van der Waals surface area contributed by atoms with Gasteiger partial charge in [0.2, 0.25) is 0 Å². The SMILES string of the molecule is CC(=O)O[C@@H]1CN(C(=O)OC(C)(C)C)CC[C@H]1Oc1cccc(C(F)(F)F)c1. The molecule has 0 aliphatic carbocycles. The number of esters is 1. The average Bonchev–Trinajstić information content (AvgIpc) is 2.54. The number of benzene rings is 1. The van der Waals surface area contributed by atoms with Crippen molar-refractivity contribution in [3.63, 3.8) is 0 Å². The van der Waals surface area contributed by atoms with Gasteiger partial charge in [-0.1, -0.05) is 6.07 Å². The predicted octanol–water partition coefficient (Wildman–Crippen LogP) is 4.03. The van der Waals surface area contributed by atoms with Gasteiger partial charge in [-0.3, -0.25) is 4.79 Å². The molecule has 2 rings (SSSR count). The fraction of sp³-hybridized carbons (Fsp3) is 0.579. The topological polar surface area (TPSA) is 65.1 Å². The van der Waals surface area contributed by atoms with E-state index in [1.807, 2.05) is 0 Å². The van der Waals surface area contributed by atoms with Crippen molar-refractivity contribution in [1.82, 2.24) is 4.90 Å². The van der Waals surface area contributed by atoms with Gasteiger partial charge in [0.15, 0.2) is 6.10 Å². The molecule has 1 aliphatic rings. The van der Waals surface area contributed by atoms with Gasteiger partial charge in [0.1, 0.15) is 17.5 Å².